The smallest absolute Gasteiger partial charge is 0.338 e. The summed E-state index contributed by atoms with van der Waals surface area (Å²) in [6.45, 7) is 0.281. The lowest BCUT2D eigenvalue weighted by Crippen LogP contribution is -2.21. The van der Waals surface area contributed by atoms with E-state index >= 15 is 0 Å². The van der Waals surface area contributed by atoms with Gasteiger partial charge in [-0.1, -0.05) is 11.6 Å². The minimum atomic E-state index is -0.696. The normalized spacial score (nSPS) is 12.1. The summed E-state index contributed by atoms with van der Waals surface area (Å²) in [6.07, 6.45) is 0. The van der Waals surface area contributed by atoms with E-state index in [9.17, 15) is 9.59 Å². The Hall–Kier alpha value is -3.13. The van der Waals surface area contributed by atoms with Crippen molar-refractivity contribution < 1.29 is 33.3 Å². The zero-order valence-corrected chi connectivity index (χ0v) is 16.0. The second kappa shape index (κ2) is 8.71. The van der Waals surface area contributed by atoms with Gasteiger partial charge in [-0.15, -0.1) is 0 Å². The van der Waals surface area contributed by atoms with Crippen LogP contribution < -0.4 is 24.3 Å². The molecule has 0 spiro atoms. The number of esters is 1. The third kappa shape index (κ3) is 4.40. The van der Waals surface area contributed by atoms with Crippen LogP contribution >= 0.6 is 11.6 Å². The largest absolute Gasteiger partial charge is 0.495 e. The Balaban J connectivity index is 1.62. The van der Waals surface area contributed by atoms with Gasteiger partial charge in [-0.3, -0.25) is 4.79 Å². The van der Waals surface area contributed by atoms with Gasteiger partial charge in [0.05, 0.1) is 24.8 Å². The van der Waals surface area contributed by atoms with Crippen molar-refractivity contribution in [2.75, 3.05) is 39.4 Å². The average Bonchev–Trinajstić information content (AvgIpc) is 2.71. The highest BCUT2D eigenvalue weighted by molar-refractivity contribution is 6.32. The van der Waals surface area contributed by atoms with Gasteiger partial charge in [0.1, 0.15) is 19.0 Å². The third-order valence-electron chi connectivity index (χ3n) is 3.83. The molecule has 0 bridgehead atoms. The number of amides is 1. The molecule has 28 heavy (non-hydrogen) atoms. The number of carbonyl (C=O) groups is 2. The van der Waals surface area contributed by atoms with E-state index in [1.165, 1.54) is 32.4 Å². The molecule has 2 aromatic carbocycles. The summed E-state index contributed by atoms with van der Waals surface area (Å²) >= 11 is 6.01. The fraction of sp³-hybridized carbons (Fsp3) is 0.263. The first-order chi connectivity index (χ1) is 13.5. The monoisotopic (exact) mass is 407 g/mol. The van der Waals surface area contributed by atoms with Crippen LogP contribution in [0.3, 0.4) is 0 Å². The topological polar surface area (TPSA) is 92.3 Å². The number of anilines is 1. The van der Waals surface area contributed by atoms with Crippen molar-refractivity contribution in [1.82, 2.24) is 0 Å². The lowest BCUT2D eigenvalue weighted by molar-refractivity contribution is -0.119. The highest BCUT2D eigenvalue weighted by Gasteiger charge is 2.22. The number of carbonyl (C=O) groups excluding carboxylic acids is 2. The van der Waals surface area contributed by atoms with Crippen molar-refractivity contribution in [1.29, 1.82) is 0 Å². The number of nitrogens with one attached hydrogen (secondary N) is 1. The first-order valence-electron chi connectivity index (χ1n) is 8.30. The molecular weight excluding hydrogens is 390 g/mol. The van der Waals surface area contributed by atoms with Crippen LogP contribution in [0.1, 0.15) is 10.4 Å². The maximum atomic E-state index is 12.3. The van der Waals surface area contributed by atoms with E-state index in [4.69, 9.17) is 35.3 Å². The molecule has 0 aliphatic carbocycles. The number of methoxy groups -OCH3 is 2. The summed E-state index contributed by atoms with van der Waals surface area (Å²) < 4.78 is 26.3. The van der Waals surface area contributed by atoms with Crippen molar-refractivity contribution in [3.05, 3.63) is 40.9 Å². The van der Waals surface area contributed by atoms with E-state index < -0.39 is 18.5 Å². The minimum absolute atomic E-state index is 0.182. The predicted octanol–water partition coefficient (Wildman–Crippen LogP) is 2.92. The highest BCUT2D eigenvalue weighted by atomic mass is 35.5. The van der Waals surface area contributed by atoms with Crippen molar-refractivity contribution >= 4 is 29.2 Å². The minimum Gasteiger partial charge on any atom is -0.495 e. The van der Waals surface area contributed by atoms with Crippen LogP contribution in [0.15, 0.2) is 30.3 Å². The van der Waals surface area contributed by atoms with Gasteiger partial charge in [-0.2, -0.15) is 0 Å². The van der Waals surface area contributed by atoms with Crippen molar-refractivity contribution in [3.63, 3.8) is 0 Å². The predicted molar refractivity (Wildman–Crippen MR) is 101 cm³/mol. The Morgan fingerprint density at radius 3 is 2.54 bits per heavy atom. The van der Waals surface area contributed by atoms with Crippen molar-refractivity contribution in [3.8, 4) is 23.0 Å². The van der Waals surface area contributed by atoms with Crippen LogP contribution in [0.25, 0.3) is 0 Å². The first kappa shape index (κ1) is 19.6. The summed E-state index contributed by atoms with van der Waals surface area (Å²) in [6, 6.07) is 7.73. The van der Waals surface area contributed by atoms with Gasteiger partial charge in [-0.25, -0.2) is 4.79 Å². The molecule has 1 aliphatic heterocycles. The standard InChI is InChI=1S/C19H18ClNO7/c1-24-14-4-3-12(9-13(14)20)21-17(22)10-28-19(23)11-7-15(25-2)18-16(8-11)26-5-6-27-18/h3-4,7-9H,5-6,10H2,1-2H3,(H,21,22). The Morgan fingerprint density at radius 2 is 1.82 bits per heavy atom. The number of benzene rings is 2. The molecule has 1 amide bonds. The van der Waals surface area contributed by atoms with Gasteiger partial charge in [0.15, 0.2) is 18.1 Å². The molecule has 0 aromatic heterocycles. The van der Waals surface area contributed by atoms with Crippen LogP contribution in [0.2, 0.25) is 5.02 Å². The molecule has 3 rings (SSSR count). The zero-order valence-electron chi connectivity index (χ0n) is 15.2. The molecule has 1 heterocycles. The molecule has 0 saturated carbocycles. The van der Waals surface area contributed by atoms with Gasteiger partial charge in [0.2, 0.25) is 5.75 Å². The van der Waals surface area contributed by atoms with Crippen LogP contribution in [0.5, 0.6) is 23.0 Å². The van der Waals surface area contributed by atoms with Crippen LogP contribution in [0, 0.1) is 0 Å². The second-order valence-corrected chi connectivity index (χ2v) is 6.08. The molecule has 148 valence electrons. The van der Waals surface area contributed by atoms with Gasteiger partial charge in [0.25, 0.3) is 5.91 Å². The van der Waals surface area contributed by atoms with Crippen LogP contribution in [-0.4, -0.2) is 45.9 Å². The SMILES string of the molecule is COc1ccc(NC(=O)COC(=O)c2cc(OC)c3c(c2)OCCO3)cc1Cl. The lowest BCUT2D eigenvalue weighted by atomic mass is 10.1. The van der Waals surface area contributed by atoms with Gasteiger partial charge >= 0.3 is 5.97 Å². The summed E-state index contributed by atoms with van der Waals surface area (Å²) in [4.78, 5) is 24.3. The van der Waals surface area contributed by atoms with E-state index in [-0.39, 0.29) is 5.56 Å². The fourth-order valence-corrected chi connectivity index (χ4v) is 2.80. The Morgan fingerprint density at radius 1 is 1.07 bits per heavy atom. The lowest BCUT2D eigenvalue weighted by Gasteiger charge is -2.21. The molecule has 1 N–H and O–H groups in total. The van der Waals surface area contributed by atoms with Crippen molar-refractivity contribution in [2.45, 2.75) is 0 Å². The van der Waals surface area contributed by atoms with Gasteiger partial charge in [-0.05, 0) is 30.3 Å². The Bertz CT molecular complexity index is 883. The molecule has 8 nitrogen and oxygen atoms in total. The third-order valence-corrected chi connectivity index (χ3v) is 4.13. The van der Waals surface area contributed by atoms with E-state index in [1.54, 1.807) is 12.1 Å². The second-order valence-electron chi connectivity index (χ2n) is 5.68. The number of hydrogen-bond donors (Lipinski definition) is 1. The van der Waals surface area contributed by atoms with Crippen LogP contribution in [-0.2, 0) is 9.53 Å². The molecule has 0 fully saturated rings. The van der Waals surface area contributed by atoms with E-state index in [0.717, 1.165) is 0 Å². The summed E-state index contributed by atoms with van der Waals surface area (Å²) in [7, 11) is 2.95. The molecule has 0 atom stereocenters. The Kier molecular flexibility index (Phi) is 6.10. The molecule has 9 heteroatoms. The highest BCUT2D eigenvalue weighted by Crippen LogP contribution is 2.40. The molecule has 2 aromatic rings. The number of ether oxygens (including phenoxy) is 5. The van der Waals surface area contributed by atoms with Gasteiger partial charge < -0.3 is 29.0 Å². The fourth-order valence-electron chi connectivity index (χ4n) is 2.55. The summed E-state index contributed by atoms with van der Waals surface area (Å²) in [5.41, 5.74) is 0.634. The summed E-state index contributed by atoms with van der Waals surface area (Å²) in [5, 5.41) is 2.94. The van der Waals surface area contributed by atoms with Gasteiger partial charge in [0, 0.05) is 5.69 Å². The number of rotatable bonds is 6. The van der Waals surface area contributed by atoms with E-state index in [0.29, 0.717) is 46.9 Å². The zero-order chi connectivity index (χ0) is 20.1. The molecular formula is C19H18ClNO7. The summed E-state index contributed by atoms with van der Waals surface area (Å²) in [5.74, 6) is 0.437. The maximum Gasteiger partial charge on any atom is 0.338 e. The molecule has 0 radical (unpaired) electrons. The number of hydrogen-bond acceptors (Lipinski definition) is 7. The molecule has 0 unspecified atom stereocenters. The van der Waals surface area contributed by atoms with E-state index in [2.05, 4.69) is 5.32 Å². The maximum absolute atomic E-state index is 12.3. The van der Waals surface area contributed by atoms with Crippen LogP contribution in [0.4, 0.5) is 5.69 Å². The number of halogens is 1. The number of fused-ring (bicyclic) bond motifs is 1. The average molecular weight is 408 g/mol. The Labute approximate surface area is 166 Å². The van der Waals surface area contributed by atoms with E-state index in [1.807, 2.05) is 0 Å². The quantitative estimate of drug-likeness (QED) is 0.736. The first-order valence-corrected chi connectivity index (χ1v) is 8.67. The molecule has 1 aliphatic rings. The molecule has 0 saturated heterocycles. The van der Waals surface area contributed by atoms with Crippen molar-refractivity contribution in [2.24, 2.45) is 0 Å².